The Bertz CT molecular complexity index is 574. The average Bonchev–Trinajstić information content (AvgIpc) is 2.52. The molecule has 0 fully saturated rings. The van der Waals surface area contributed by atoms with Gasteiger partial charge in [0.15, 0.2) is 0 Å². The van der Waals surface area contributed by atoms with Crippen LogP contribution in [0.3, 0.4) is 0 Å². The van der Waals surface area contributed by atoms with Crippen LogP contribution in [0.4, 0.5) is 5.69 Å². The third-order valence-electron chi connectivity index (χ3n) is 3.12. The van der Waals surface area contributed by atoms with Gasteiger partial charge in [0.25, 0.3) is 0 Å². The number of ether oxygens (including phenoxy) is 1. The van der Waals surface area contributed by atoms with E-state index in [0.717, 1.165) is 27.9 Å². The molecule has 2 N–H and O–H groups in total. The molecule has 2 aromatic rings. The molecule has 112 valence electrons. The van der Waals surface area contributed by atoms with Gasteiger partial charge in [-0.25, -0.2) is 0 Å². The van der Waals surface area contributed by atoms with E-state index in [0.29, 0.717) is 6.61 Å². The first-order chi connectivity index (χ1) is 10.2. The molecule has 0 heterocycles. The van der Waals surface area contributed by atoms with Gasteiger partial charge in [0.1, 0.15) is 5.75 Å². The van der Waals surface area contributed by atoms with Gasteiger partial charge < -0.3 is 15.2 Å². The normalized spacial score (nSPS) is 12.0. The Balaban J connectivity index is 2.15. The fourth-order valence-corrected chi connectivity index (χ4v) is 2.44. The van der Waals surface area contributed by atoms with Gasteiger partial charge in [0.2, 0.25) is 0 Å². The molecule has 0 radical (unpaired) electrons. The van der Waals surface area contributed by atoms with Crippen LogP contribution in [0.1, 0.15) is 24.9 Å². The second-order valence-corrected chi connectivity index (χ2v) is 5.63. The molecule has 0 spiro atoms. The number of para-hydroxylation sites is 1. The monoisotopic (exact) mass is 349 g/mol. The van der Waals surface area contributed by atoms with Crippen molar-refractivity contribution in [2.75, 3.05) is 18.5 Å². The Kier molecular flexibility index (Phi) is 6.08. The minimum atomic E-state index is -0.172. The number of aliphatic hydroxyl groups is 1. The lowest BCUT2D eigenvalue weighted by Crippen LogP contribution is -2.15. The van der Waals surface area contributed by atoms with Gasteiger partial charge in [-0.2, -0.15) is 0 Å². The van der Waals surface area contributed by atoms with Gasteiger partial charge in [-0.1, -0.05) is 31.2 Å². The summed E-state index contributed by atoms with van der Waals surface area (Å²) in [5, 5.41) is 13.0. The number of anilines is 1. The lowest BCUT2D eigenvalue weighted by Gasteiger charge is -2.19. The molecule has 0 bridgehead atoms. The molecule has 0 saturated carbocycles. The van der Waals surface area contributed by atoms with Crippen molar-refractivity contribution >= 4 is 21.6 Å². The molecule has 0 aliphatic heterocycles. The Morgan fingerprint density at radius 3 is 2.71 bits per heavy atom. The van der Waals surface area contributed by atoms with E-state index in [9.17, 15) is 5.11 Å². The first-order valence-electron chi connectivity index (χ1n) is 7.09. The topological polar surface area (TPSA) is 41.5 Å². The highest BCUT2D eigenvalue weighted by Gasteiger charge is 2.12. The third-order valence-corrected chi connectivity index (χ3v) is 3.81. The van der Waals surface area contributed by atoms with Gasteiger partial charge >= 0.3 is 0 Å². The van der Waals surface area contributed by atoms with E-state index in [1.54, 1.807) is 0 Å². The molecular formula is C17H20BrNO2. The van der Waals surface area contributed by atoms with Gasteiger partial charge in [-0.3, -0.25) is 0 Å². The van der Waals surface area contributed by atoms with Crippen LogP contribution in [0.5, 0.6) is 5.75 Å². The fraction of sp³-hybridized carbons (Fsp3) is 0.294. The zero-order valence-corrected chi connectivity index (χ0v) is 13.6. The highest BCUT2D eigenvalue weighted by atomic mass is 79.9. The van der Waals surface area contributed by atoms with Gasteiger partial charge in [0.05, 0.1) is 19.3 Å². The molecule has 3 nitrogen and oxygen atoms in total. The first-order valence-corrected chi connectivity index (χ1v) is 7.88. The van der Waals surface area contributed by atoms with Crippen LogP contribution in [0.15, 0.2) is 53.0 Å². The standard InChI is InChI=1S/C17H20BrNO2/c1-2-10-21-14-7-5-6-13(11-14)17(12-20)19-16-9-4-3-8-15(16)18/h3-9,11,17,19-20H,2,10,12H2,1H3. The van der Waals surface area contributed by atoms with Crippen LogP contribution in [0.2, 0.25) is 0 Å². The zero-order chi connectivity index (χ0) is 15.1. The summed E-state index contributed by atoms with van der Waals surface area (Å²) >= 11 is 3.51. The molecule has 1 atom stereocenters. The maximum Gasteiger partial charge on any atom is 0.119 e. The maximum atomic E-state index is 9.68. The van der Waals surface area contributed by atoms with E-state index in [-0.39, 0.29) is 12.6 Å². The van der Waals surface area contributed by atoms with Gasteiger partial charge in [-0.15, -0.1) is 0 Å². The second kappa shape index (κ2) is 8.05. The van der Waals surface area contributed by atoms with Crippen molar-refractivity contribution in [3.63, 3.8) is 0 Å². The number of nitrogens with one attached hydrogen (secondary N) is 1. The Morgan fingerprint density at radius 2 is 2.00 bits per heavy atom. The maximum absolute atomic E-state index is 9.68. The lowest BCUT2D eigenvalue weighted by atomic mass is 10.1. The third kappa shape index (κ3) is 4.48. The predicted octanol–water partition coefficient (Wildman–Crippen LogP) is 4.38. The minimum Gasteiger partial charge on any atom is -0.494 e. The van der Waals surface area contributed by atoms with E-state index < -0.39 is 0 Å². The number of benzene rings is 2. The van der Waals surface area contributed by atoms with E-state index in [4.69, 9.17) is 4.74 Å². The summed E-state index contributed by atoms with van der Waals surface area (Å²) in [5.74, 6) is 0.835. The largest absolute Gasteiger partial charge is 0.494 e. The minimum absolute atomic E-state index is 0.0125. The molecule has 0 aromatic heterocycles. The van der Waals surface area contributed by atoms with Crippen LogP contribution in [0, 0.1) is 0 Å². The van der Waals surface area contributed by atoms with Crippen LogP contribution < -0.4 is 10.1 Å². The molecule has 21 heavy (non-hydrogen) atoms. The summed E-state index contributed by atoms with van der Waals surface area (Å²) in [6, 6.07) is 15.5. The number of rotatable bonds is 7. The molecule has 0 amide bonds. The molecule has 4 heteroatoms. The summed E-state index contributed by atoms with van der Waals surface area (Å²) < 4.78 is 6.62. The van der Waals surface area contributed by atoms with Crippen molar-refractivity contribution in [2.24, 2.45) is 0 Å². The van der Waals surface area contributed by atoms with E-state index in [1.165, 1.54) is 0 Å². The van der Waals surface area contributed by atoms with Crippen LogP contribution in [-0.4, -0.2) is 18.3 Å². The summed E-state index contributed by atoms with van der Waals surface area (Å²) in [4.78, 5) is 0. The molecule has 0 aliphatic carbocycles. The molecule has 2 rings (SSSR count). The summed E-state index contributed by atoms with van der Waals surface area (Å²) in [6.45, 7) is 2.79. The van der Waals surface area contributed by atoms with Crippen molar-refractivity contribution in [3.05, 3.63) is 58.6 Å². The Morgan fingerprint density at radius 1 is 1.19 bits per heavy atom. The van der Waals surface area contributed by atoms with Crippen molar-refractivity contribution in [1.82, 2.24) is 0 Å². The number of aliphatic hydroxyl groups excluding tert-OH is 1. The second-order valence-electron chi connectivity index (χ2n) is 4.78. The quantitative estimate of drug-likeness (QED) is 0.779. The molecule has 1 unspecified atom stereocenters. The molecule has 0 saturated heterocycles. The van der Waals surface area contributed by atoms with Crippen molar-refractivity contribution < 1.29 is 9.84 Å². The fourth-order valence-electron chi connectivity index (χ4n) is 2.04. The van der Waals surface area contributed by atoms with E-state index in [1.807, 2.05) is 48.5 Å². The SMILES string of the molecule is CCCOc1cccc(C(CO)Nc2ccccc2Br)c1. The summed E-state index contributed by atoms with van der Waals surface area (Å²) in [5.41, 5.74) is 1.96. The van der Waals surface area contributed by atoms with Crippen molar-refractivity contribution in [2.45, 2.75) is 19.4 Å². The zero-order valence-electron chi connectivity index (χ0n) is 12.1. The highest BCUT2D eigenvalue weighted by molar-refractivity contribution is 9.10. The Hall–Kier alpha value is -1.52. The number of hydrogen-bond donors (Lipinski definition) is 2. The van der Waals surface area contributed by atoms with Crippen molar-refractivity contribution in [1.29, 1.82) is 0 Å². The van der Waals surface area contributed by atoms with E-state index in [2.05, 4.69) is 28.2 Å². The lowest BCUT2D eigenvalue weighted by molar-refractivity contribution is 0.275. The highest BCUT2D eigenvalue weighted by Crippen LogP contribution is 2.27. The van der Waals surface area contributed by atoms with Crippen molar-refractivity contribution in [3.8, 4) is 5.75 Å². The van der Waals surface area contributed by atoms with E-state index >= 15 is 0 Å². The van der Waals surface area contributed by atoms with Crippen LogP contribution in [-0.2, 0) is 0 Å². The molecule has 0 aliphatic rings. The molecular weight excluding hydrogens is 330 g/mol. The van der Waals surface area contributed by atoms with Gasteiger partial charge in [0, 0.05) is 10.2 Å². The summed E-state index contributed by atoms with van der Waals surface area (Å²) in [6.07, 6.45) is 0.975. The number of halogens is 1. The Labute approximate surface area is 134 Å². The molecule has 2 aromatic carbocycles. The smallest absolute Gasteiger partial charge is 0.119 e. The predicted molar refractivity (Wildman–Crippen MR) is 89.8 cm³/mol. The summed E-state index contributed by atoms with van der Waals surface area (Å²) in [7, 11) is 0. The van der Waals surface area contributed by atoms with Crippen LogP contribution in [0.25, 0.3) is 0 Å². The first kappa shape index (κ1) is 15.9. The number of hydrogen-bond acceptors (Lipinski definition) is 3. The average molecular weight is 350 g/mol. The van der Waals surface area contributed by atoms with Gasteiger partial charge in [-0.05, 0) is 52.2 Å². The van der Waals surface area contributed by atoms with Crippen LogP contribution >= 0.6 is 15.9 Å².